The molecule has 6 unspecified atom stereocenters. The normalized spacial score (nSPS) is 20.1. The quantitative estimate of drug-likeness (QED) is 0.0197. The number of carbonyl (C=O) groups excluding carboxylic acids is 1. The van der Waals surface area contributed by atoms with Gasteiger partial charge < -0.3 is 34.3 Å². The van der Waals surface area contributed by atoms with Gasteiger partial charge in [-0.3, -0.25) is 9.35 Å². The first-order valence-electron chi connectivity index (χ1n) is 25.7. The first-order valence-corrected chi connectivity index (χ1v) is 27.1. The van der Waals surface area contributed by atoms with Crippen molar-refractivity contribution < 1.29 is 56.2 Å². The molecule has 0 radical (unpaired) electrons. The number of aliphatic hydroxyl groups is 3. The molecule has 1 aliphatic rings. The number of carbonyl (C=O) groups is 1. The zero-order valence-electron chi connectivity index (χ0n) is 41.0. The predicted octanol–water partition coefficient (Wildman–Crippen LogP) is 11.9. The van der Waals surface area contributed by atoms with Crippen molar-refractivity contribution in [2.24, 2.45) is 0 Å². The lowest BCUT2D eigenvalue weighted by Crippen LogP contribution is -2.60. The standard InChI is InChI=1S/C53H92O12S/c1-3-5-7-9-11-13-15-17-19-20-21-22-23-24-25-26-27-28-29-30-32-34-36-38-40-42-49(55)63-47(45-61-43-41-39-37-35-33-31-18-16-14-12-10-8-6-4-2)46-62-53-51(57)52(65-66(58,59)60)50(56)48(44-54)64-53/h6,8,12,14-15,17-18,20-21,23-24,31,47-48,50-54,56-57H,3-5,7,9-11,13,16,19,22,25-30,32-46H2,1-2H3,(H,58,59,60)/b8-6-,14-12-,17-15-,21-20-,24-23-,31-18-. The van der Waals surface area contributed by atoms with E-state index in [9.17, 15) is 33.1 Å². The Morgan fingerprint density at radius 2 is 1.05 bits per heavy atom. The van der Waals surface area contributed by atoms with Crippen LogP contribution in [0.3, 0.4) is 0 Å². The Balaban J connectivity index is 2.34. The molecule has 0 aromatic carbocycles. The van der Waals surface area contributed by atoms with Crippen LogP contribution in [0.4, 0.5) is 0 Å². The van der Waals surface area contributed by atoms with Crippen molar-refractivity contribution in [3.05, 3.63) is 72.9 Å². The van der Waals surface area contributed by atoms with Crippen molar-refractivity contribution in [2.75, 3.05) is 26.4 Å². The Labute approximate surface area is 401 Å². The third kappa shape index (κ3) is 36.6. The monoisotopic (exact) mass is 953 g/mol. The van der Waals surface area contributed by atoms with Crippen LogP contribution < -0.4 is 0 Å². The van der Waals surface area contributed by atoms with Crippen molar-refractivity contribution in [2.45, 2.75) is 230 Å². The number of hydrogen-bond donors (Lipinski definition) is 4. The summed E-state index contributed by atoms with van der Waals surface area (Å²) in [5, 5.41) is 30.7. The van der Waals surface area contributed by atoms with Crippen molar-refractivity contribution >= 4 is 16.4 Å². The van der Waals surface area contributed by atoms with Crippen LogP contribution in [0.2, 0.25) is 0 Å². The summed E-state index contributed by atoms with van der Waals surface area (Å²) in [4.78, 5) is 12.9. The molecule has 13 heteroatoms. The molecule has 0 bridgehead atoms. The van der Waals surface area contributed by atoms with Gasteiger partial charge in [0.1, 0.15) is 30.5 Å². The summed E-state index contributed by atoms with van der Waals surface area (Å²) in [6, 6.07) is 0. The highest BCUT2D eigenvalue weighted by Gasteiger charge is 2.48. The molecular formula is C53H92O12S. The first-order chi connectivity index (χ1) is 32.1. The van der Waals surface area contributed by atoms with Gasteiger partial charge in [0.2, 0.25) is 0 Å². The number of rotatable bonds is 44. The second-order valence-electron chi connectivity index (χ2n) is 17.4. The fourth-order valence-electron chi connectivity index (χ4n) is 7.46. The van der Waals surface area contributed by atoms with Gasteiger partial charge in [-0.15, -0.1) is 0 Å². The van der Waals surface area contributed by atoms with E-state index in [4.69, 9.17) is 18.9 Å². The molecule has 0 amide bonds. The van der Waals surface area contributed by atoms with E-state index >= 15 is 0 Å². The average molecular weight is 953 g/mol. The molecule has 1 aliphatic heterocycles. The molecule has 12 nitrogen and oxygen atoms in total. The number of ether oxygens (including phenoxy) is 4. The summed E-state index contributed by atoms with van der Waals surface area (Å²) < 4.78 is 59.2. The van der Waals surface area contributed by atoms with E-state index in [0.717, 1.165) is 89.9 Å². The smallest absolute Gasteiger partial charge is 0.397 e. The lowest BCUT2D eigenvalue weighted by molar-refractivity contribution is -0.301. The lowest BCUT2D eigenvalue weighted by Gasteiger charge is -2.41. The largest absolute Gasteiger partial charge is 0.457 e. The summed E-state index contributed by atoms with van der Waals surface area (Å²) in [7, 11) is -5.07. The molecule has 1 heterocycles. The second-order valence-corrected chi connectivity index (χ2v) is 18.4. The number of allylic oxidation sites excluding steroid dienone is 12. The highest BCUT2D eigenvalue weighted by atomic mass is 32.3. The Morgan fingerprint density at radius 1 is 0.591 bits per heavy atom. The van der Waals surface area contributed by atoms with Crippen LogP contribution in [0.1, 0.15) is 194 Å². The summed E-state index contributed by atoms with van der Waals surface area (Å²) >= 11 is 0. The van der Waals surface area contributed by atoms with E-state index < -0.39 is 59.8 Å². The number of unbranched alkanes of at least 4 members (excludes halogenated alkanes) is 19. The predicted molar refractivity (Wildman–Crippen MR) is 266 cm³/mol. The van der Waals surface area contributed by atoms with Crippen LogP contribution in [-0.2, 0) is 38.3 Å². The molecule has 1 saturated heterocycles. The fourth-order valence-corrected chi connectivity index (χ4v) is 7.97. The number of esters is 1. The zero-order chi connectivity index (χ0) is 48.2. The lowest BCUT2D eigenvalue weighted by atomic mass is 9.99. The van der Waals surface area contributed by atoms with Crippen LogP contribution >= 0.6 is 0 Å². The van der Waals surface area contributed by atoms with Crippen molar-refractivity contribution in [3.63, 3.8) is 0 Å². The summed E-state index contributed by atoms with van der Waals surface area (Å²) in [6.07, 6.45) is 48.0. The zero-order valence-corrected chi connectivity index (χ0v) is 41.8. The molecular weight excluding hydrogens is 861 g/mol. The van der Waals surface area contributed by atoms with Crippen molar-refractivity contribution in [1.29, 1.82) is 0 Å². The molecule has 0 aliphatic carbocycles. The highest BCUT2D eigenvalue weighted by molar-refractivity contribution is 7.80. The minimum absolute atomic E-state index is 0.0159. The van der Waals surface area contributed by atoms with Gasteiger partial charge >= 0.3 is 16.4 Å². The van der Waals surface area contributed by atoms with Gasteiger partial charge in [-0.05, 0) is 83.5 Å². The first kappa shape index (κ1) is 61.6. The van der Waals surface area contributed by atoms with E-state index in [1.54, 1.807) is 0 Å². The van der Waals surface area contributed by atoms with Gasteiger partial charge in [-0.25, -0.2) is 4.18 Å². The maximum Gasteiger partial charge on any atom is 0.397 e. The van der Waals surface area contributed by atoms with E-state index in [2.05, 4.69) is 90.9 Å². The Hall–Kier alpha value is -2.46. The van der Waals surface area contributed by atoms with Crippen LogP contribution in [0.15, 0.2) is 72.9 Å². The minimum atomic E-state index is -5.07. The summed E-state index contributed by atoms with van der Waals surface area (Å²) in [5.74, 6) is -0.414. The molecule has 0 aromatic rings. The molecule has 0 aromatic heterocycles. The minimum Gasteiger partial charge on any atom is -0.457 e. The maximum absolute atomic E-state index is 12.9. The van der Waals surface area contributed by atoms with Crippen LogP contribution in [0.5, 0.6) is 0 Å². The summed E-state index contributed by atoms with van der Waals surface area (Å²) in [6.45, 7) is 3.81. The van der Waals surface area contributed by atoms with Gasteiger partial charge in [0, 0.05) is 13.0 Å². The van der Waals surface area contributed by atoms with Gasteiger partial charge in [0.15, 0.2) is 6.29 Å². The third-order valence-electron chi connectivity index (χ3n) is 11.3. The number of hydrogen-bond acceptors (Lipinski definition) is 11. The maximum atomic E-state index is 12.9. The Morgan fingerprint density at radius 3 is 1.53 bits per heavy atom. The highest BCUT2D eigenvalue weighted by Crippen LogP contribution is 2.26. The van der Waals surface area contributed by atoms with Gasteiger partial charge in [-0.1, -0.05) is 177 Å². The molecule has 382 valence electrons. The van der Waals surface area contributed by atoms with E-state index in [0.29, 0.717) is 13.0 Å². The van der Waals surface area contributed by atoms with Gasteiger partial charge in [0.25, 0.3) is 0 Å². The van der Waals surface area contributed by atoms with Crippen molar-refractivity contribution in [1.82, 2.24) is 0 Å². The summed E-state index contributed by atoms with van der Waals surface area (Å²) in [5.41, 5.74) is 0. The number of aliphatic hydroxyl groups excluding tert-OH is 3. The molecule has 1 rings (SSSR count). The molecule has 4 N–H and O–H groups in total. The molecule has 66 heavy (non-hydrogen) atoms. The van der Waals surface area contributed by atoms with E-state index in [1.807, 2.05) is 0 Å². The van der Waals surface area contributed by atoms with Crippen LogP contribution in [-0.4, -0.2) is 97.5 Å². The van der Waals surface area contributed by atoms with Crippen molar-refractivity contribution in [3.8, 4) is 0 Å². The fraction of sp³-hybridized carbons (Fsp3) is 0.755. The van der Waals surface area contributed by atoms with Crippen LogP contribution in [0, 0.1) is 0 Å². The van der Waals surface area contributed by atoms with Crippen LogP contribution in [0.25, 0.3) is 0 Å². The van der Waals surface area contributed by atoms with Gasteiger partial charge in [-0.2, -0.15) is 8.42 Å². The molecule has 0 saturated carbocycles. The molecule has 0 spiro atoms. The van der Waals surface area contributed by atoms with Gasteiger partial charge in [0.05, 0.1) is 19.8 Å². The van der Waals surface area contributed by atoms with E-state index in [-0.39, 0.29) is 19.6 Å². The molecule has 6 atom stereocenters. The molecule has 1 fully saturated rings. The Kier molecular flexibility index (Phi) is 40.8. The second kappa shape index (κ2) is 43.8. The average Bonchev–Trinajstić information content (AvgIpc) is 3.29. The SMILES string of the molecule is CC/C=C\C/C=C\C/C=C\CCCCCCOCC(COC1OC(CO)C(O)C(OS(=O)(=O)O)C1O)OC(=O)CCCCCCCCCCCC/C=C\C/C=C\C/C=C\CCCCCCC. The third-order valence-corrected chi connectivity index (χ3v) is 11.8. The van der Waals surface area contributed by atoms with E-state index in [1.165, 1.54) is 77.0 Å². The topological polar surface area (TPSA) is 178 Å². The Bertz CT molecular complexity index is 1420.